The van der Waals surface area contributed by atoms with E-state index in [4.69, 9.17) is 4.74 Å². The van der Waals surface area contributed by atoms with Gasteiger partial charge in [0.15, 0.2) is 0 Å². The molecule has 0 saturated heterocycles. The molecule has 0 spiro atoms. The Morgan fingerprint density at radius 2 is 2.12 bits per heavy atom. The van der Waals surface area contributed by atoms with Crippen LogP contribution in [0.2, 0.25) is 0 Å². The van der Waals surface area contributed by atoms with E-state index in [0.717, 1.165) is 22.6 Å². The van der Waals surface area contributed by atoms with E-state index in [1.54, 1.807) is 18.2 Å². The molecule has 4 nitrogen and oxygen atoms in total. The molecule has 3 rings (SSSR count). The van der Waals surface area contributed by atoms with Gasteiger partial charge in [-0.15, -0.1) is 0 Å². The highest BCUT2D eigenvalue weighted by atomic mass is 19.1. The van der Waals surface area contributed by atoms with Crippen LogP contribution in [0.3, 0.4) is 0 Å². The van der Waals surface area contributed by atoms with Crippen molar-refractivity contribution < 1.29 is 13.9 Å². The second kappa shape index (κ2) is 6.59. The van der Waals surface area contributed by atoms with E-state index < -0.39 is 5.97 Å². The minimum absolute atomic E-state index is 0.00329. The molecule has 0 radical (unpaired) electrons. The topological polar surface area (TPSA) is 41.6 Å². The molecular weight excluding hydrogens is 319 g/mol. The Hall–Kier alpha value is -2.82. The van der Waals surface area contributed by atoms with Gasteiger partial charge in [0.1, 0.15) is 5.82 Å². The first-order valence-corrected chi connectivity index (χ1v) is 8.11. The average molecular weight is 340 g/mol. The maximum Gasteiger partial charge on any atom is 0.337 e. The largest absolute Gasteiger partial charge is 0.465 e. The molecule has 1 aliphatic heterocycles. The smallest absolute Gasteiger partial charge is 0.337 e. The van der Waals surface area contributed by atoms with E-state index in [2.05, 4.69) is 11.9 Å². The summed E-state index contributed by atoms with van der Waals surface area (Å²) in [5.41, 5.74) is 4.42. The van der Waals surface area contributed by atoms with Crippen molar-refractivity contribution in [2.24, 2.45) is 0 Å². The minimum atomic E-state index is -0.408. The van der Waals surface area contributed by atoms with Crippen molar-refractivity contribution in [3.05, 3.63) is 71.2 Å². The number of nitrogens with one attached hydrogen (secondary N) is 1. The van der Waals surface area contributed by atoms with Crippen molar-refractivity contribution in [1.29, 1.82) is 0 Å². The van der Waals surface area contributed by atoms with Crippen LogP contribution in [0, 0.1) is 12.7 Å². The number of carbonyl (C=O) groups excluding carboxylic acids is 1. The number of anilines is 2. The summed E-state index contributed by atoms with van der Waals surface area (Å²) in [6, 6.07) is 10.4. The van der Waals surface area contributed by atoms with Crippen LogP contribution in [-0.4, -0.2) is 19.1 Å². The van der Waals surface area contributed by atoms with Crippen molar-refractivity contribution in [2.75, 3.05) is 17.3 Å². The summed E-state index contributed by atoms with van der Waals surface area (Å²) < 4.78 is 19.1. The van der Waals surface area contributed by atoms with Crippen LogP contribution in [0.1, 0.15) is 28.4 Å². The summed E-state index contributed by atoms with van der Waals surface area (Å²) in [6.07, 6.45) is 0. The van der Waals surface area contributed by atoms with Crippen LogP contribution in [0.4, 0.5) is 15.8 Å². The van der Waals surface area contributed by atoms with Gasteiger partial charge in [0.25, 0.3) is 0 Å². The summed E-state index contributed by atoms with van der Waals surface area (Å²) >= 11 is 0. The third-order valence-electron chi connectivity index (χ3n) is 4.60. The second-order valence-corrected chi connectivity index (χ2v) is 6.20. The van der Waals surface area contributed by atoms with Crippen LogP contribution in [0.25, 0.3) is 0 Å². The maximum absolute atomic E-state index is 14.3. The van der Waals surface area contributed by atoms with Gasteiger partial charge in [-0.3, -0.25) is 0 Å². The summed E-state index contributed by atoms with van der Waals surface area (Å²) in [4.78, 5) is 13.8. The number of methoxy groups -OCH3 is 1. The molecule has 130 valence electrons. The molecular formula is C20H21FN2O2. The van der Waals surface area contributed by atoms with Crippen LogP contribution in [0.5, 0.6) is 0 Å². The first-order chi connectivity index (χ1) is 11.9. The number of fused-ring (bicyclic) bond motifs is 1. The number of carbonyl (C=O) groups is 1. The molecule has 1 atom stereocenters. The summed E-state index contributed by atoms with van der Waals surface area (Å²) in [7, 11) is 1.35. The quantitative estimate of drug-likeness (QED) is 0.848. The Kier molecular flexibility index (Phi) is 4.49. The maximum atomic E-state index is 14.3. The molecule has 1 heterocycles. The van der Waals surface area contributed by atoms with Crippen molar-refractivity contribution >= 4 is 17.3 Å². The van der Waals surface area contributed by atoms with Gasteiger partial charge in [-0.25, -0.2) is 9.18 Å². The lowest BCUT2D eigenvalue weighted by molar-refractivity contribution is 0.0601. The Balaban J connectivity index is 2.07. The van der Waals surface area contributed by atoms with Gasteiger partial charge in [0.2, 0.25) is 0 Å². The van der Waals surface area contributed by atoms with E-state index in [0.29, 0.717) is 17.7 Å². The summed E-state index contributed by atoms with van der Waals surface area (Å²) in [5, 5.41) is 3.35. The standard InChI is InChI=1S/C20H21FN2O2/c1-12-6-5-7-17(21)16(12)11-23-14(3)13(2)22-18-9-8-15(10-19(18)23)20(24)25-4/h5-10,13,22H,3,11H2,1-2,4H3. The molecule has 5 heteroatoms. The number of esters is 1. The third kappa shape index (κ3) is 3.09. The molecule has 0 aliphatic carbocycles. The lowest BCUT2D eigenvalue weighted by Gasteiger charge is -2.38. The van der Waals surface area contributed by atoms with Crippen molar-refractivity contribution in [3.63, 3.8) is 0 Å². The van der Waals surface area contributed by atoms with Gasteiger partial charge in [0, 0.05) is 11.3 Å². The normalized spacial score (nSPS) is 16.2. The number of nitrogens with zero attached hydrogens (tertiary/aromatic N) is 1. The van der Waals surface area contributed by atoms with Crippen molar-refractivity contribution in [1.82, 2.24) is 0 Å². The second-order valence-electron chi connectivity index (χ2n) is 6.20. The van der Waals surface area contributed by atoms with Gasteiger partial charge >= 0.3 is 5.97 Å². The highest BCUT2D eigenvalue weighted by Crippen LogP contribution is 2.37. The molecule has 0 aromatic heterocycles. The first kappa shape index (κ1) is 17.0. The van der Waals surface area contributed by atoms with E-state index in [1.165, 1.54) is 13.2 Å². The molecule has 1 N–H and O–H groups in total. The Morgan fingerprint density at radius 1 is 1.36 bits per heavy atom. The number of rotatable bonds is 3. The Labute approximate surface area is 146 Å². The zero-order valence-electron chi connectivity index (χ0n) is 14.6. The SMILES string of the molecule is C=C1C(C)Nc2ccc(C(=O)OC)cc2N1Cc1c(C)cccc1F. The van der Waals surface area contributed by atoms with Gasteiger partial charge < -0.3 is 15.0 Å². The van der Waals surface area contributed by atoms with Gasteiger partial charge in [0.05, 0.1) is 36.6 Å². The lowest BCUT2D eigenvalue weighted by atomic mass is 10.0. The average Bonchev–Trinajstić information content (AvgIpc) is 2.60. The predicted molar refractivity (Wildman–Crippen MR) is 97.3 cm³/mol. The highest BCUT2D eigenvalue weighted by molar-refractivity contribution is 5.93. The fourth-order valence-electron chi connectivity index (χ4n) is 3.04. The van der Waals surface area contributed by atoms with Crippen LogP contribution < -0.4 is 10.2 Å². The minimum Gasteiger partial charge on any atom is -0.465 e. The highest BCUT2D eigenvalue weighted by Gasteiger charge is 2.27. The number of benzene rings is 2. The number of hydrogen-bond donors (Lipinski definition) is 1. The van der Waals surface area contributed by atoms with Crippen molar-refractivity contribution in [3.8, 4) is 0 Å². The number of hydrogen-bond acceptors (Lipinski definition) is 4. The third-order valence-corrected chi connectivity index (χ3v) is 4.60. The van der Waals surface area contributed by atoms with Crippen LogP contribution in [-0.2, 0) is 11.3 Å². The molecule has 1 unspecified atom stereocenters. The fraction of sp³-hybridized carbons (Fsp3) is 0.250. The number of aryl methyl sites for hydroxylation is 1. The molecule has 2 aromatic carbocycles. The summed E-state index contributed by atoms with van der Waals surface area (Å²) in [5.74, 6) is -0.654. The zero-order valence-corrected chi connectivity index (χ0v) is 14.6. The van der Waals surface area contributed by atoms with Gasteiger partial charge in [-0.1, -0.05) is 18.7 Å². The molecule has 25 heavy (non-hydrogen) atoms. The molecule has 0 amide bonds. The molecule has 0 bridgehead atoms. The molecule has 0 fully saturated rings. The number of ether oxygens (including phenoxy) is 1. The first-order valence-electron chi connectivity index (χ1n) is 8.11. The van der Waals surface area contributed by atoms with E-state index in [9.17, 15) is 9.18 Å². The van der Waals surface area contributed by atoms with E-state index >= 15 is 0 Å². The fourth-order valence-corrected chi connectivity index (χ4v) is 3.04. The molecule has 0 saturated carbocycles. The molecule has 1 aliphatic rings. The van der Waals surface area contributed by atoms with Crippen LogP contribution >= 0.6 is 0 Å². The van der Waals surface area contributed by atoms with Crippen molar-refractivity contribution in [2.45, 2.75) is 26.4 Å². The van der Waals surface area contributed by atoms with Crippen LogP contribution in [0.15, 0.2) is 48.7 Å². The zero-order chi connectivity index (χ0) is 18.1. The Bertz CT molecular complexity index is 827. The lowest BCUT2D eigenvalue weighted by Crippen LogP contribution is -2.37. The van der Waals surface area contributed by atoms with E-state index in [1.807, 2.05) is 30.9 Å². The van der Waals surface area contributed by atoms with Gasteiger partial charge in [-0.05, 0) is 43.7 Å². The predicted octanol–water partition coefficient (Wildman–Crippen LogP) is 4.26. The number of halogens is 1. The van der Waals surface area contributed by atoms with Gasteiger partial charge in [-0.2, -0.15) is 0 Å². The molecule has 2 aromatic rings. The Morgan fingerprint density at radius 3 is 2.80 bits per heavy atom. The van der Waals surface area contributed by atoms with E-state index in [-0.39, 0.29) is 11.9 Å². The monoisotopic (exact) mass is 340 g/mol. The summed E-state index contributed by atoms with van der Waals surface area (Å²) in [6.45, 7) is 8.39.